The second-order valence-electron chi connectivity index (χ2n) is 5.55. The predicted octanol–water partition coefficient (Wildman–Crippen LogP) is 2.28. The highest BCUT2D eigenvalue weighted by Crippen LogP contribution is 2.23. The van der Waals surface area contributed by atoms with Gasteiger partial charge >= 0.3 is 5.97 Å². The Labute approximate surface area is 129 Å². The molecule has 2 atom stereocenters. The Bertz CT molecular complexity index is 557. The maximum Gasteiger partial charge on any atom is 0.335 e. The molecule has 0 aliphatic carbocycles. The monoisotopic (exact) mass is 307 g/mol. The third kappa shape index (κ3) is 4.29. The lowest BCUT2D eigenvalue weighted by molar-refractivity contribution is -0.124. The van der Waals surface area contributed by atoms with E-state index in [9.17, 15) is 9.59 Å². The van der Waals surface area contributed by atoms with Gasteiger partial charge < -0.3 is 19.9 Å². The van der Waals surface area contributed by atoms with Gasteiger partial charge in [0.1, 0.15) is 0 Å². The van der Waals surface area contributed by atoms with E-state index < -0.39 is 5.97 Å². The van der Waals surface area contributed by atoms with Crippen LogP contribution in [0.1, 0.15) is 35.7 Å². The molecule has 0 spiro atoms. The lowest BCUT2D eigenvalue weighted by atomic mass is 9.95. The molecule has 1 amide bonds. The normalized spacial score (nSPS) is 21.4. The average Bonchev–Trinajstić information content (AvgIpc) is 2.47. The number of carbonyl (C=O) groups excluding carboxylic acids is 1. The number of hydrogen-bond acceptors (Lipinski definition) is 4. The van der Waals surface area contributed by atoms with Crippen LogP contribution in [0.3, 0.4) is 0 Å². The summed E-state index contributed by atoms with van der Waals surface area (Å²) >= 11 is 0. The van der Waals surface area contributed by atoms with Gasteiger partial charge in [0.05, 0.1) is 18.3 Å². The van der Waals surface area contributed by atoms with E-state index in [0.717, 1.165) is 0 Å². The lowest BCUT2D eigenvalue weighted by Crippen LogP contribution is -2.32. The number of ether oxygens (including phenoxy) is 2. The van der Waals surface area contributed by atoms with Gasteiger partial charge in [0, 0.05) is 25.3 Å². The fourth-order valence-electron chi connectivity index (χ4n) is 2.62. The molecular weight excluding hydrogens is 286 g/mol. The molecule has 1 aromatic carbocycles. The summed E-state index contributed by atoms with van der Waals surface area (Å²) < 4.78 is 10.5. The minimum atomic E-state index is -1.03. The summed E-state index contributed by atoms with van der Waals surface area (Å²) in [6, 6.07) is 4.73. The molecule has 0 saturated carbocycles. The first-order valence-corrected chi connectivity index (χ1v) is 7.28. The van der Waals surface area contributed by atoms with E-state index in [4.69, 9.17) is 14.6 Å². The van der Waals surface area contributed by atoms with Crippen LogP contribution in [0, 0.1) is 5.92 Å². The van der Waals surface area contributed by atoms with Crippen LogP contribution < -0.4 is 5.32 Å². The summed E-state index contributed by atoms with van der Waals surface area (Å²) in [6.07, 6.45) is 1.42. The number of hydrogen-bond donors (Lipinski definition) is 2. The number of methoxy groups -OCH3 is 1. The third-order valence-corrected chi connectivity index (χ3v) is 3.67. The summed E-state index contributed by atoms with van der Waals surface area (Å²) in [5, 5.41) is 12.0. The quantitative estimate of drug-likeness (QED) is 0.872. The second-order valence-corrected chi connectivity index (χ2v) is 5.55. The van der Waals surface area contributed by atoms with E-state index in [2.05, 4.69) is 5.32 Å². The molecular formula is C16H21NO5. The van der Waals surface area contributed by atoms with Gasteiger partial charge in [-0.15, -0.1) is 0 Å². The Morgan fingerprint density at radius 3 is 2.82 bits per heavy atom. The zero-order chi connectivity index (χ0) is 16.1. The minimum Gasteiger partial charge on any atom is -0.478 e. The number of aromatic carboxylic acids is 1. The maximum absolute atomic E-state index is 12.3. The van der Waals surface area contributed by atoms with Crippen LogP contribution in [0.2, 0.25) is 0 Å². The molecule has 1 fully saturated rings. The second kappa shape index (κ2) is 7.38. The standard InChI is InChI=1S/C16H21NO5/c1-10-5-12(3-4-22-10)15(18)17-14-7-11(9-21-2)6-13(8-14)16(19)20/h6-8,10,12H,3-5,9H2,1-2H3,(H,17,18)(H,19,20). The summed E-state index contributed by atoms with van der Waals surface area (Å²) in [6.45, 7) is 2.81. The van der Waals surface area contributed by atoms with Crippen LogP contribution in [0.4, 0.5) is 5.69 Å². The van der Waals surface area contributed by atoms with Crippen LogP contribution in [0.5, 0.6) is 0 Å². The largest absolute Gasteiger partial charge is 0.478 e. The minimum absolute atomic E-state index is 0.0684. The van der Waals surface area contributed by atoms with Crippen molar-refractivity contribution in [2.24, 2.45) is 5.92 Å². The Balaban J connectivity index is 2.13. The molecule has 6 heteroatoms. The van der Waals surface area contributed by atoms with Crippen molar-refractivity contribution in [3.8, 4) is 0 Å². The summed E-state index contributed by atoms with van der Waals surface area (Å²) in [5.41, 5.74) is 1.32. The van der Waals surface area contributed by atoms with Crippen LogP contribution in [0.25, 0.3) is 0 Å². The van der Waals surface area contributed by atoms with Crippen LogP contribution in [-0.2, 0) is 20.9 Å². The molecule has 1 aliphatic rings. The van der Waals surface area contributed by atoms with Gasteiger partial charge in [-0.1, -0.05) is 0 Å². The molecule has 1 aliphatic heterocycles. The summed E-state index contributed by atoms with van der Waals surface area (Å²) in [4.78, 5) is 23.5. The first kappa shape index (κ1) is 16.5. The van der Waals surface area contributed by atoms with Crippen LogP contribution >= 0.6 is 0 Å². The van der Waals surface area contributed by atoms with Crippen molar-refractivity contribution in [1.29, 1.82) is 0 Å². The van der Waals surface area contributed by atoms with Crippen molar-refractivity contribution >= 4 is 17.6 Å². The van der Waals surface area contributed by atoms with Crippen molar-refractivity contribution in [3.63, 3.8) is 0 Å². The Kier molecular flexibility index (Phi) is 5.51. The number of benzene rings is 1. The van der Waals surface area contributed by atoms with Gasteiger partial charge in [0.25, 0.3) is 0 Å². The highest BCUT2D eigenvalue weighted by molar-refractivity contribution is 5.95. The first-order chi connectivity index (χ1) is 10.5. The molecule has 120 valence electrons. The van der Waals surface area contributed by atoms with Gasteiger partial charge in [0.2, 0.25) is 5.91 Å². The van der Waals surface area contributed by atoms with Gasteiger partial charge in [-0.05, 0) is 43.5 Å². The van der Waals surface area contributed by atoms with Crippen molar-refractivity contribution < 1.29 is 24.2 Å². The SMILES string of the molecule is COCc1cc(NC(=O)C2CCOC(C)C2)cc(C(=O)O)c1. The molecule has 0 bridgehead atoms. The van der Waals surface area contributed by atoms with E-state index in [0.29, 0.717) is 30.7 Å². The van der Waals surface area contributed by atoms with Crippen LogP contribution in [0.15, 0.2) is 18.2 Å². The molecule has 22 heavy (non-hydrogen) atoms. The Morgan fingerprint density at radius 1 is 1.41 bits per heavy atom. The average molecular weight is 307 g/mol. The molecule has 0 radical (unpaired) electrons. The van der Waals surface area contributed by atoms with E-state index in [1.54, 1.807) is 6.07 Å². The van der Waals surface area contributed by atoms with Gasteiger partial charge in [-0.2, -0.15) is 0 Å². The zero-order valence-corrected chi connectivity index (χ0v) is 12.8. The highest BCUT2D eigenvalue weighted by Gasteiger charge is 2.25. The fraction of sp³-hybridized carbons (Fsp3) is 0.500. The number of nitrogens with one attached hydrogen (secondary N) is 1. The van der Waals surface area contributed by atoms with Gasteiger partial charge in [0.15, 0.2) is 0 Å². The van der Waals surface area contributed by atoms with E-state index in [-0.39, 0.29) is 30.1 Å². The molecule has 1 aromatic rings. The highest BCUT2D eigenvalue weighted by atomic mass is 16.5. The summed E-state index contributed by atoms with van der Waals surface area (Å²) in [7, 11) is 1.54. The zero-order valence-electron chi connectivity index (χ0n) is 12.8. The molecule has 2 N–H and O–H groups in total. The third-order valence-electron chi connectivity index (χ3n) is 3.67. The van der Waals surface area contributed by atoms with E-state index in [1.807, 2.05) is 6.92 Å². The maximum atomic E-state index is 12.3. The predicted molar refractivity (Wildman–Crippen MR) is 80.9 cm³/mol. The van der Waals surface area contributed by atoms with Gasteiger partial charge in [-0.3, -0.25) is 4.79 Å². The van der Waals surface area contributed by atoms with Crippen molar-refractivity contribution in [2.45, 2.75) is 32.5 Å². The molecule has 1 heterocycles. The number of amides is 1. The Morgan fingerprint density at radius 2 is 2.18 bits per heavy atom. The fourth-order valence-corrected chi connectivity index (χ4v) is 2.62. The molecule has 6 nitrogen and oxygen atoms in total. The van der Waals surface area contributed by atoms with Gasteiger partial charge in [-0.25, -0.2) is 4.79 Å². The summed E-state index contributed by atoms with van der Waals surface area (Å²) in [5.74, 6) is -1.24. The molecule has 2 unspecified atom stereocenters. The Hall–Kier alpha value is -1.92. The van der Waals surface area contributed by atoms with E-state index in [1.165, 1.54) is 19.2 Å². The van der Waals surface area contributed by atoms with Crippen molar-refractivity contribution in [2.75, 3.05) is 19.0 Å². The lowest BCUT2D eigenvalue weighted by Gasteiger charge is -2.26. The molecule has 1 saturated heterocycles. The molecule has 2 rings (SSSR count). The van der Waals surface area contributed by atoms with Crippen molar-refractivity contribution in [3.05, 3.63) is 29.3 Å². The number of carboxylic acids is 1. The number of anilines is 1. The van der Waals surface area contributed by atoms with Crippen LogP contribution in [-0.4, -0.2) is 36.8 Å². The number of carbonyl (C=O) groups is 2. The topological polar surface area (TPSA) is 84.9 Å². The number of carboxylic acid groups (broad SMARTS) is 1. The van der Waals surface area contributed by atoms with Crippen molar-refractivity contribution in [1.82, 2.24) is 0 Å². The first-order valence-electron chi connectivity index (χ1n) is 7.28. The smallest absolute Gasteiger partial charge is 0.335 e. The van der Waals surface area contributed by atoms with E-state index >= 15 is 0 Å². The number of rotatable bonds is 5. The molecule has 0 aromatic heterocycles.